The maximum Gasteiger partial charge on any atom is 0.244 e. The number of rotatable bonds is 6. The number of nitrogens with zero attached hydrogens (tertiary/aromatic N) is 2. The van der Waals surface area contributed by atoms with E-state index >= 15 is 0 Å². The van der Waals surface area contributed by atoms with Crippen LogP contribution in [0.15, 0.2) is 24.3 Å². The van der Waals surface area contributed by atoms with Crippen LogP contribution in [0.3, 0.4) is 0 Å². The number of halogens is 1. The largest absolute Gasteiger partial charge is 0.379 e. The number of carbonyl (C=O) groups excluding carboxylic acids is 1. The molecule has 1 heterocycles. The minimum absolute atomic E-state index is 0.106. The second kappa shape index (κ2) is 8.91. The van der Waals surface area contributed by atoms with Gasteiger partial charge in [-0.05, 0) is 23.8 Å². The highest BCUT2D eigenvalue weighted by Crippen LogP contribution is 2.23. The molecule has 2 rings (SSSR count). The SMILES string of the molecule is CN(C)c1ccc(C=CC(=O)NCCN2CCOCC2)c(Cl)c1. The van der Waals surface area contributed by atoms with E-state index in [0.29, 0.717) is 11.6 Å². The summed E-state index contributed by atoms with van der Waals surface area (Å²) in [6.45, 7) is 4.89. The normalized spacial score (nSPS) is 15.8. The quantitative estimate of drug-likeness (QED) is 0.805. The fraction of sp³-hybridized carbons (Fsp3) is 0.471. The number of carbonyl (C=O) groups is 1. The van der Waals surface area contributed by atoms with Crippen molar-refractivity contribution in [1.29, 1.82) is 0 Å². The predicted octanol–water partition coefficient (Wildman–Crippen LogP) is 1.87. The molecule has 1 aromatic rings. The van der Waals surface area contributed by atoms with Gasteiger partial charge in [-0.15, -0.1) is 0 Å². The molecular formula is C17H24ClN3O2. The predicted molar refractivity (Wildman–Crippen MR) is 95.1 cm³/mol. The highest BCUT2D eigenvalue weighted by atomic mass is 35.5. The highest BCUT2D eigenvalue weighted by molar-refractivity contribution is 6.32. The van der Waals surface area contributed by atoms with Gasteiger partial charge in [-0.3, -0.25) is 9.69 Å². The van der Waals surface area contributed by atoms with E-state index in [1.165, 1.54) is 6.08 Å². The molecule has 1 aliphatic rings. The molecule has 1 aliphatic heterocycles. The Morgan fingerprint density at radius 3 is 2.78 bits per heavy atom. The smallest absolute Gasteiger partial charge is 0.244 e. The number of hydrogen-bond acceptors (Lipinski definition) is 4. The average Bonchev–Trinajstić information content (AvgIpc) is 2.54. The van der Waals surface area contributed by atoms with Gasteiger partial charge in [0.25, 0.3) is 0 Å². The molecule has 1 fully saturated rings. The van der Waals surface area contributed by atoms with Crippen molar-refractivity contribution in [3.05, 3.63) is 34.9 Å². The molecule has 0 spiro atoms. The lowest BCUT2D eigenvalue weighted by molar-refractivity contribution is -0.116. The molecule has 0 aliphatic carbocycles. The van der Waals surface area contributed by atoms with Crippen molar-refractivity contribution < 1.29 is 9.53 Å². The summed E-state index contributed by atoms with van der Waals surface area (Å²) in [6, 6.07) is 5.77. The number of hydrogen-bond donors (Lipinski definition) is 1. The van der Waals surface area contributed by atoms with Gasteiger partial charge in [-0.1, -0.05) is 17.7 Å². The molecular weight excluding hydrogens is 314 g/mol. The van der Waals surface area contributed by atoms with Gasteiger partial charge in [0.15, 0.2) is 0 Å². The summed E-state index contributed by atoms with van der Waals surface area (Å²) in [4.78, 5) is 16.1. The first-order valence-electron chi connectivity index (χ1n) is 7.79. The topological polar surface area (TPSA) is 44.8 Å². The van der Waals surface area contributed by atoms with Crippen LogP contribution in [0, 0.1) is 0 Å². The Morgan fingerprint density at radius 2 is 2.13 bits per heavy atom. The van der Waals surface area contributed by atoms with E-state index in [4.69, 9.17) is 16.3 Å². The summed E-state index contributed by atoms with van der Waals surface area (Å²) in [5.41, 5.74) is 1.86. The van der Waals surface area contributed by atoms with Crippen LogP contribution < -0.4 is 10.2 Å². The number of ether oxygens (including phenoxy) is 1. The van der Waals surface area contributed by atoms with Crippen LogP contribution in [0.5, 0.6) is 0 Å². The Labute approximate surface area is 142 Å². The standard InChI is InChI=1S/C17H24ClN3O2/c1-20(2)15-5-3-14(16(18)13-15)4-6-17(22)19-7-8-21-9-11-23-12-10-21/h3-6,13H,7-12H2,1-2H3,(H,19,22). The zero-order valence-corrected chi connectivity index (χ0v) is 14.5. The molecule has 5 nitrogen and oxygen atoms in total. The third kappa shape index (κ3) is 5.86. The summed E-state index contributed by atoms with van der Waals surface area (Å²) in [5, 5.41) is 3.52. The van der Waals surface area contributed by atoms with Crippen molar-refractivity contribution in [2.24, 2.45) is 0 Å². The van der Waals surface area contributed by atoms with Crippen molar-refractivity contribution >= 4 is 29.3 Å². The zero-order chi connectivity index (χ0) is 16.7. The molecule has 0 saturated carbocycles. The van der Waals surface area contributed by atoms with Crippen LogP contribution in [0.2, 0.25) is 5.02 Å². The second-order valence-corrected chi connectivity index (χ2v) is 6.09. The lowest BCUT2D eigenvalue weighted by Crippen LogP contribution is -2.41. The van der Waals surface area contributed by atoms with Gasteiger partial charge in [-0.25, -0.2) is 0 Å². The van der Waals surface area contributed by atoms with Gasteiger partial charge in [0, 0.05) is 57.1 Å². The number of nitrogens with one attached hydrogen (secondary N) is 1. The maximum atomic E-state index is 11.9. The summed E-state index contributed by atoms with van der Waals surface area (Å²) in [7, 11) is 3.92. The van der Waals surface area contributed by atoms with Crippen molar-refractivity contribution in [3.8, 4) is 0 Å². The van der Waals surface area contributed by atoms with Gasteiger partial charge >= 0.3 is 0 Å². The number of morpholine rings is 1. The van der Waals surface area contributed by atoms with E-state index in [1.54, 1.807) is 6.08 Å². The second-order valence-electron chi connectivity index (χ2n) is 5.68. The van der Waals surface area contributed by atoms with Crippen molar-refractivity contribution in [1.82, 2.24) is 10.2 Å². The van der Waals surface area contributed by atoms with E-state index < -0.39 is 0 Å². The lowest BCUT2D eigenvalue weighted by Gasteiger charge is -2.26. The lowest BCUT2D eigenvalue weighted by atomic mass is 10.2. The third-order valence-electron chi connectivity index (χ3n) is 3.75. The maximum absolute atomic E-state index is 11.9. The first-order chi connectivity index (χ1) is 11.1. The van der Waals surface area contributed by atoms with Gasteiger partial charge in [0.2, 0.25) is 5.91 Å². The summed E-state index contributed by atoms with van der Waals surface area (Å²) in [6.07, 6.45) is 3.27. The zero-order valence-electron chi connectivity index (χ0n) is 13.7. The van der Waals surface area contributed by atoms with E-state index in [-0.39, 0.29) is 5.91 Å². The summed E-state index contributed by atoms with van der Waals surface area (Å²) >= 11 is 6.23. The molecule has 1 N–H and O–H groups in total. The molecule has 126 valence electrons. The van der Waals surface area contributed by atoms with Crippen molar-refractivity contribution in [2.45, 2.75) is 0 Å². The van der Waals surface area contributed by atoms with E-state index in [0.717, 1.165) is 44.1 Å². The fourth-order valence-electron chi connectivity index (χ4n) is 2.32. The number of benzene rings is 1. The van der Waals surface area contributed by atoms with Gasteiger partial charge in [-0.2, -0.15) is 0 Å². The molecule has 1 aromatic carbocycles. The Morgan fingerprint density at radius 1 is 1.39 bits per heavy atom. The van der Waals surface area contributed by atoms with E-state index in [2.05, 4.69) is 10.2 Å². The van der Waals surface area contributed by atoms with Crippen LogP contribution in [-0.2, 0) is 9.53 Å². The first kappa shape index (κ1) is 17.8. The Kier molecular flexibility index (Phi) is 6.89. The van der Waals surface area contributed by atoms with Crippen LogP contribution in [-0.4, -0.2) is 64.3 Å². The van der Waals surface area contributed by atoms with Crippen LogP contribution in [0.4, 0.5) is 5.69 Å². The van der Waals surface area contributed by atoms with Crippen molar-refractivity contribution in [3.63, 3.8) is 0 Å². The molecule has 0 radical (unpaired) electrons. The van der Waals surface area contributed by atoms with Crippen LogP contribution in [0.1, 0.15) is 5.56 Å². The minimum atomic E-state index is -0.106. The number of amides is 1. The van der Waals surface area contributed by atoms with Gasteiger partial charge in [0.1, 0.15) is 0 Å². The highest BCUT2D eigenvalue weighted by Gasteiger charge is 2.09. The Balaban J connectivity index is 1.79. The van der Waals surface area contributed by atoms with Gasteiger partial charge in [0.05, 0.1) is 13.2 Å². The van der Waals surface area contributed by atoms with Crippen molar-refractivity contribution in [2.75, 3.05) is 58.4 Å². The molecule has 1 saturated heterocycles. The molecule has 0 atom stereocenters. The third-order valence-corrected chi connectivity index (χ3v) is 4.07. The van der Waals surface area contributed by atoms with Gasteiger partial charge < -0.3 is 15.0 Å². The number of anilines is 1. The minimum Gasteiger partial charge on any atom is -0.379 e. The summed E-state index contributed by atoms with van der Waals surface area (Å²) < 4.78 is 5.29. The Bertz CT molecular complexity index is 555. The molecule has 1 amide bonds. The first-order valence-corrected chi connectivity index (χ1v) is 8.17. The average molecular weight is 338 g/mol. The van der Waals surface area contributed by atoms with Crippen LogP contribution >= 0.6 is 11.6 Å². The molecule has 23 heavy (non-hydrogen) atoms. The van der Waals surface area contributed by atoms with E-state index in [9.17, 15) is 4.79 Å². The van der Waals surface area contributed by atoms with Crippen LogP contribution in [0.25, 0.3) is 6.08 Å². The molecule has 0 aromatic heterocycles. The monoisotopic (exact) mass is 337 g/mol. The fourth-order valence-corrected chi connectivity index (χ4v) is 2.55. The summed E-state index contributed by atoms with van der Waals surface area (Å²) in [5.74, 6) is -0.106. The Hall–Kier alpha value is -1.56. The van der Waals surface area contributed by atoms with E-state index in [1.807, 2.05) is 37.2 Å². The molecule has 0 unspecified atom stereocenters. The molecule has 0 bridgehead atoms. The molecule has 6 heteroatoms.